The van der Waals surface area contributed by atoms with Crippen LogP contribution in [-0.4, -0.2) is 75.9 Å². The first-order valence-corrected chi connectivity index (χ1v) is 15.1. The van der Waals surface area contributed by atoms with Gasteiger partial charge in [-0.25, -0.2) is 9.59 Å². The summed E-state index contributed by atoms with van der Waals surface area (Å²) in [6.45, 7) is 16.6. The highest BCUT2D eigenvalue weighted by molar-refractivity contribution is 5.96. The summed E-state index contributed by atoms with van der Waals surface area (Å²) in [5.74, 6) is -1.80. The van der Waals surface area contributed by atoms with E-state index < -0.39 is 59.2 Å². The van der Waals surface area contributed by atoms with Crippen LogP contribution in [0.3, 0.4) is 0 Å². The van der Waals surface area contributed by atoms with Gasteiger partial charge in [-0.3, -0.25) is 9.59 Å². The van der Waals surface area contributed by atoms with Gasteiger partial charge in [0, 0.05) is 12.3 Å². The number of hydrogen-bond donors (Lipinski definition) is 3. The summed E-state index contributed by atoms with van der Waals surface area (Å²) in [6.07, 6.45) is 7.90. The van der Waals surface area contributed by atoms with Crippen molar-refractivity contribution in [2.24, 2.45) is 5.92 Å². The molecule has 2 fully saturated rings. The number of ether oxygens (including phenoxy) is 2. The highest BCUT2D eigenvalue weighted by Crippen LogP contribution is 2.46. The minimum Gasteiger partial charge on any atom is -0.464 e. The number of carbonyl (C=O) groups excluding carboxylic acids is 4. The monoisotopic (exact) mass is 577 g/mol. The summed E-state index contributed by atoms with van der Waals surface area (Å²) in [5.41, 5.74) is -1.99. The van der Waals surface area contributed by atoms with Gasteiger partial charge in [-0.2, -0.15) is 0 Å². The van der Waals surface area contributed by atoms with Crippen LogP contribution >= 0.6 is 0 Å². The maximum absolute atomic E-state index is 14.2. The van der Waals surface area contributed by atoms with Gasteiger partial charge in [-0.15, -0.1) is 13.2 Å². The third-order valence-electron chi connectivity index (χ3n) is 7.69. The fraction of sp³-hybridized carbons (Fsp3) is 0.742. The van der Waals surface area contributed by atoms with Crippen molar-refractivity contribution in [3.8, 4) is 0 Å². The fourth-order valence-electron chi connectivity index (χ4n) is 5.48. The van der Waals surface area contributed by atoms with E-state index in [0.29, 0.717) is 25.7 Å². The van der Waals surface area contributed by atoms with Crippen molar-refractivity contribution in [2.75, 3.05) is 6.61 Å². The van der Waals surface area contributed by atoms with E-state index in [4.69, 9.17) is 9.47 Å². The van der Waals surface area contributed by atoms with Gasteiger partial charge in [0.25, 0.3) is 0 Å². The first kappa shape index (κ1) is 34.3. The number of likely N-dealkylation sites (tertiary alicyclic amines) is 1. The number of nitrogens with zero attached hydrogens (tertiary/aromatic N) is 1. The van der Waals surface area contributed by atoms with Crippen LogP contribution in [0, 0.1) is 5.92 Å². The van der Waals surface area contributed by atoms with Crippen molar-refractivity contribution in [3.63, 3.8) is 0 Å². The van der Waals surface area contributed by atoms with Crippen LogP contribution in [0.15, 0.2) is 25.3 Å². The molecule has 1 saturated carbocycles. The van der Waals surface area contributed by atoms with Gasteiger partial charge < -0.3 is 30.1 Å². The van der Waals surface area contributed by atoms with Crippen molar-refractivity contribution in [1.82, 2.24) is 15.5 Å². The van der Waals surface area contributed by atoms with Gasteiger partial charge in [0.05, 0.1) is 18.8 Å². The lowest BCUT2D eigenvalue weighted by molar-refractivity contribution is -0.150. The molecule has 0 bridgehead atoms. The van der Waals surface area contributed by atoms with Crippen LogP contribution in [-0.2, 0) is 23.9 Å². The maximum atomic E-state index is 14.2. The molecule has 232 valence electrons. The highest BCUT2D eigenvalue weighted by Gasteiger charge is 2.62. The minimum absolute atomic E-state index is 0.0299. The molecule has 2 rings (SSSR count). The van der Waals surface area contributed by atoms with E-state index in [9.17, 15) is 24.3 Å². The van der Waals surface area contributed by atoms with Crippen LogP contribution in [0.4, 0.5) is 4.79 Å². The second kappa shape index (κ2) is 15.4. The van der Waals surface area contributed by atoms with E-state index >= 15 is 0 Å². The molecule has 3 N–H and O–H groups in total. The van der Waals surface area contributed by atoms with E-state index in [1.807, 2.05) is 13.0 Å². The summed E-state index contributed by atoms with van der Waals surface area (Å²) in [4.78, 5) is 54.9. The fourth-order valence-corrected chi connectivity index (χ4v) is 5.48. The summed E-state index contributed by atoms with van der Waals surface area (Å²) in [6, 6.07) is -2.56. The second-order valence-corrected chi connectivity index (χ2v) is 12.1. The lowest BCUT2D eigenvalue weighted by Gasteiger charge is -2.34. The number of allylic oxidation sites excluding steroid dienone is 1. The van der Waals surface area contributed by atoms with Crippen molar-refractivity contribution >= 4 is 23.9 Å². The number of aliphatic hydroxyl groups is 1. The Kier molecular flexibility index (Phi) is 12.9. The number of aliphatic hydroxyl groups excluding tert-OH is 1. The largest absolute Gasteiger partial charge is 0.464 e. The van der Waals surface area contributed by atoms with E-state index in [1.54, 1.807) is 33.8 Å². The number of carbonyl (C=O) groups is 4. The number of rotatable bonds is 16. The molecular weight excluding hydrogens is 526 g/mol. The Hall–Kier alpha value is -2.88. The molecule has 0 aromatic rings. The quantitative estimate of drug-likeness (QED) is 0.142. The molecule has 0 spiro atoms. The molecule has 0 aromatic carbocycles. The summed E-state index contributed by atoms with van der Waals surface area (Å²) < 4.78 is 10.7. The van der Waals surface area contributed by atoms with Gasteiger partial charge >= 0.3 is 12.1 Å². The van der Waals surface area contributed by atoms with Crippen LogP contribution in [0.25, 0.3) is 0 Å². The molecule has 10 nitrogen and oxygen atoms in total. The molecular formula is C31H51N3O7. The molecule has 0 aromatic heterocycles. The SMILES string of the molecule is C=CCCCCC[C@H](NC(=O)OC(C)(C)C)C(=O)N1[C@H](C(=O)N[C@]2(C(=O)OCC)CC2C=C)C[C@@H](O)[C@@H]1CCCC. The predicted molar refractivity (Wildman–Crippen MR) is 157 cm³/mol. The Morgan fingerprint density at radius 3 is 2.39 bits per heavy atom. The lowest BCUT2D eigenvalue weighted by atomic mass is 10.0. The minimum atomic E-state index is -1.23. The van der Waals surface area contributed by atoms with Crippen LogP contribution in [0.2, 0.25) is 0 Å². The van der Waals surface area contributed by atoms with E-state index in [-0.39, 0.29) is 18.9 Å². The topological polar surface area (TPSA) is 134 Å². The van der Waals surface area contributed by atoms with Crippen molar-refractivity contribution < 1.29 is 33.8 Å². The predicted octanol–water partition coefficient (Wildman–Crippen LogP) is 4.16. The Morgan fingerprint density at radius 2 is 1.83 bits per heavy atom. The zero-order valence-corrected chi connectivity index (χ0v) is 25.6. The van der Waals surface area contributed by atoms with Gasteiger partial charge in [-0.05, 0) is 59.8 Å². The zero-order valence-electron chi connectivity index (χ0n) is 25.6. The first-order chi connectivity index (χ1) is 19.3. The Balaban J connectivity index is 2.35. The van der Waals surface area contributed by atoms with Crippen LogP contribution < -0.4 is 10.6 Å². The van der Waals surface area contributed by atoms with Gasteiger partial charge in [0.1, 0.15) is 23.2 Å². The van der Waals surface area contributed by atoms with E-state index in [0.717, 1.165) is 32.1 Å². The number of nitrogens with one attached hydrogen (secondary N) is 2. The van der Waals surface area contributed by atoms with Gasteiger partial charge in [-0.1, -0.05) is 44.8 Å². The highest BCUT2D eigenvalue weighted by atomic mass is 16.6. The summed E-state index contributed by atoms with van der Waals surface area (Å²) in [5, 5.41) is 16.6. The maximum Gasteiger partial charge on any atom is 0.408 e. The molecule has 1 aliphatic heterocycles. The molecule has 10 heteroatoms. The average Bonchev–Trinajstić information content (AvgIpc) is 3.51. The summed E-state index contributed by atoms with van der Waals surface area (Å²) in [7, 11) is 0. The zero-order chi connectivity index (χ0) is 30.8. The Bertz CT molecular complexity index is 946. The van der Waals surface area contributed by atoms with Crippen molar-refractivity contribution in [3.05, 3.63) is 25.3 Å². The number of hydrogen-bond acceptors (Lipinski definition) is 7. The molecule has 1 aliphatic carbocycles. The molecule has 0 radical (unpaired) electrons. The normalized spacial score (nSPS) is 26.0. The molecule has 3 amide bonds. The van der Waals surface area contributed by atoms with E-state index in [2.05, 4.69) is 23.8 Å². The number of esters is 1. The molecule has 6 atom stereocenters. The van der Waals surface area contributed by atoms with Gasteiger partial charge in [0.15, 0.2) is 0 Å². The molecule has 1 saturated heterocycles. The Labute approximate surface area is 245 Å². The van der Waals surface area contributed by atoms with Crippen molar-refractivity contribution in [2.45, 2.75) is 134 Å². The van der Waals surface area contributed by atoms with Crippen LogP contribution in [0.5, 0.6) is 0 Å². The third-order valence-corrected chi connectivity index (χ3v) is 7.69. The number of amides is 3. The third kappa shape index (κ3) is 9.31. The average molecular weight is 578 g/mol. The smallest absolute Gasteiger partial charge is 0.408 e. The standard InChI is InChI=1S/C31H51N3O7/c1-8-12-14-15-16-17-22(32-29(39)41-30(5,6)7)27(37)34-23(18-13-9-2)25(35)19-24(34)26(36)33-31(20-21(31)10-3)28(38)40-11-4/h8,10,21-25,35H,1,3,9,11-20H2,2,4-7H3,(H,32,39)(H,33,36)/t21?,22-,23-,24-,25+,31+/m0/s1. The lowest BCUT2D eigenvalue weighted by Crippen LogP contribution is -2.58. The number of unbranched alkanes of at least 4 members (excludes halogenated alkanes) is 4. The first-order valence-electron chi connectivity index (χ1n) is 15.1. The summed E-state index contributed by atoms with van der Waals surface area (Å²) >= 11 is 0. The molecule has 2 aliphatic rings. The van der Waals surface area contributed by atoms with Crippen LogP contribution in [0.1, 0.15) is 98.8 Å². The van der Waals surface area contributed by atoms with E-state index in [1.165, 1.54) is 4.90 Å². The second-order valence-electron chi connectivity index (χ2n) is 12.1. The Morgan fingerprint density at radius 1 is 1.12 bits per heavy atom. The van der Waals surface area contributed by atoms with Gasteiger partial charge in [0.2, 0.25) is 11.8 Å². The molecule has 41 heavy (non-hydrogen) atoms. The van der Waals surface area contributed by atoms with Crippen molar-refractivity contribution in [1.29, 1.82) is 0 Å². The number of alkyl carbamates (subject to hydrolysis) is 1. The molecule has 1 unspecified atom stereocenters. The molecule has 1 heterocycles.